The van der Waals surface area contributed by atoms with Crippen LogP contribution in [0.25, 0.3) is 4.96 Å². The smallest absolute Gasteiger partial charge is 0.275 e. The van der Waals surface area contributed by atoms with Gasteiger partial charge in [-0.15, -0.1) is 0 Å². The Morgan fingerprint density at radius 1 is 1.26 bits per heavy atom. The van der Waals surface area contributed by atoms with Crippen LogP contribution < -0.4 is 5.56 Å². The zero-order chi connectivity index (χ0) is 15.8. The second kappa shape index (κ2) is 5.86. The largest absolute Gasteiger partial charge is 0.290 e. The van der Waals surface area contributed by atoms with Crippen molar-refractivity contribution < 1.29 is 0 Å². The van der Waals surface area contributed by atoms with Gasteiger partial charge < -0.3 is 0 Å². The summed E-state index contributed by atoms with van der Waals surface area (Å²) in [7, 11) is 0. The quantitative estimate of drug-likeness (QED) is 0.723. The zero-order valence-electron chi connectivity index (χ0n) is 13.0. The van der Waals surface area contributed by atoms with Gasteiger partial charge in [-0.05, 0) is 25.3 Å². The van der Waals surface area contributed by atoms with E-state index in [9.17, 15) is 4.79 Å². The lowest BCUT2D eigenvalue weighted by atomic mass is 10.2. The molecule has 1 fully saturated rings. The van der Waals surface area contributed by atoms with Crippen molar-refractivity contribution in [3.63, 3.8) is 0 Å². The van der Waals surface area contributed by atoms with Crippen molar-refractivity contribution in [1.29, 1.82) is 0 Å². The number of aryl methyl sites for hydroxylation is 1. The summed E-state index contributed by atoms with van der Waals surface area (Å²) >= 11 is 1.46. The molecular formula is C17H18N4OS. The molecule has 0 saturated heterocycles. The summed E-state index contributed by atoms with van der Waals surface area (Å²) in [6.45, 7) is 3.50. The van der Waals surface area contributed by atoms with E-state index in [4.69, 9.17) is 0 Å². The predicted molar refractivity (Wildman–Crippen MR) is 90.6 cm³/mol. The van der Waals surface area contributed by atoms with Crippen molar-refractivity contribution in [3.8, 4) is 0 Å². The first-order valence-corrected chi connectivity index (χ1v) is 8.65. The first-order chi connectivity index (χ1) is 11.2. The fourth-order valence-corrected chi connectivity index (χ4v) is 3.58. The summed E-state index contributed by atoms with van der Waals surface area (Å²) in [5.74, 6) is 0. The van der Waals surface area contributed by atoms with E-state index in [1.165, 1.54) is 34.3 Å². The van der Waals surface area contributed by atoms with E-state index < -0.39 is 0 Å². The number of nitrogens with zero attached hydrogens (tertiary/aromatic N) is 4. The Hall–Kier alpha value is -2.05. The molecule has 0 amide bonds. The first kappa shape index (κ1) is 14.5. The Labute approximate surface area is 138 Å². The van der Waals surface area contributed by atoms with Gasteiger partial charge in [-0.1, -0.05) is 41.7 Å². The molecule has 0 radical (unpaired) electrons. The molecule has 4 rings (SSSR count). The molecule has 0 unspecified atom stereocenters. The molecule has 1 aliphatic carbocycles. The summed E-state index contributed by atoms with van der Waals surface area (Å²) in [6.07, 6.45) is 2.46. The van der Waals surface area contributed by atoms with Crippen molar-refractivity contribution in [3.05, 3.63) is 63.0 Å². The number of aromatic nitrogens is 3. The lowest BCUT2D eigenvalue weighted by molar-refractivity contribution is 0.243. The van der Waals surface area contributed by atoms with E-state index in [0.717, 1.165) is 17.2 Å². The van der Waals surface area contributed by atoms with E-state index in [-0.39, 0.29) is 5.56 Å². The summed E-state index contributed by atoms with van der Waals surface area (Å²) < 4.78 is 1.39. The lowest BCUT2D eigenvalue weighted by Crippen LogP contribution is -2.27. The van der Waals surface area contributed by atoms with Crippen molar-refractivity contribution in [1.82, 2.24) is 19.5 Å². The van der Waals surface area contributed by atoms with Crippen LogP contribution in [0.2, 0.25) is 0 Å². The van der Waals surface area contributed by atoms with Gasteiger partial charge in [0.2, 0.25) is 4.96 Å². The van der Waals surface area contributed by atoms with Gasteiger partial charge in [-0.25, -0.2) is 4.98 Å². The molecule has 3 aromatic rings. The maximum absolute atomic E-state index is 12.2. The minimum Gasteiger partial charge on any atom is -0.290 e. The van der Waals surface area contributed by atoms with E-state index >= 15 is 0 Å². The Morgan fingerprint density at radius 2 is 2.04 bits per heavy atom. The highest BCUT2D eigenvalue weighted by Gasteiger charge is 2.29. The second-order valence-corrected chi connectivity index (χ2v) is 7.18. The summed E-state index contributed by atoms with van der Waals surface area (Å²) in [6, 6.07) is 12.7. The van der Waals surface area contributed by atoms with Crippen molar-refractivity contribution >= 4 is 16.3 Å². The van der Waals surface area contributed by atoms with Gasteiger partial charge in [0, 0.05) is 25.2 Å². The third-order valence-electron chi connectivity index (χ3n) is 4.06. The molecular weight excluding hydrogens is 308 g/mol. The molecule has 118 valence electrons. The number of hydrogen-bond donors (Lipinski definition) is 0. The minimum atomic E-state index is -0.0928. The Morgan fingerprint density at radius 3 is 2.78 bits per heavy atom. The van der Waals surface area contributed by atoms with Crippen molar-refractivity contribution in [2.45, 2.75) is 38.9 Å². The molecule has 1 saturated carbocycles. The molecule has 1 aliphatic rings. The van der Waals surface area contributed by atoms with Gasteiger partial charge in [-0.2, -0.15) is 9.61 Å². The van der Waals surface area contributed by atoms with Crippen LogP contribution in [-0.2, 0) is 13.1 Å². The summed E-state index contributed by atoms with van der Waals surface area (Å²) in [4.78, 5) is 19.9. The summed E-state index contributed by atoms with van der Waals surface area (Å²) in [5, 5.41) is 5.05. The van der Waals surface area contributed by atoms with Crippen LogP contribution in [0.3, 0.4) is 0 Å². The molecule has 2 aromatic heterocycles. The summed E-state index contributed by atoms with van der Waals surface area (Å²) in [5.41, 5.74) is 2.04. The highest BCUT2D eigenvalue weighted by molar-refractivity contribution is 7.16. The number of fused-ring (bicyclic) bond motifs is 1. The average molecular weight is 326 g/mol. The molecule has 6 heteroatoms. The molecule has 23 heavy (non-hydrogen) atoms. The van der Waals surface area contributed by atoms with E-state index in [1.54, 1.807) is 6.07 Å². The van der Waals surface area contributed by atoms with Crippen LogP contribution in [-0.4, -0.2) is 25.5 Å². The SMILES string of the molecule is Cc1nn2c(=O)cc(CN(Cc3ccccc3)C3CC3)nc2s1. The number of benzene rings is 1. The van der Waals surface area contributed by atoms with E-state index in [2.05, 4.69) is 39.2 Å². The minimum absolute atomic E-state index is 0.0928. The molecule has 2 heterocycles. The maximum Gasteiger partial charge on any atom is 0.275 e. The average Bonchev–Trinajstić information content (AvgIpc) is 3.30. The van der Waals surface area contributed by atoms with Crippen molar-refractivity contribution in [2.75, 3.05) is 0 Å². The van der Waals surface area contributed by atoms with Gasteiger partial charge in [0.15, 0.2) is 0 Å². The van der Waals surface area contributed by atoms with Crippen LogP contribution in [0.5, 0.6) is 0 Å². The predicted octanol–water partition coefficient (Wildman–Crippen LogP) is 2.62. The second-order valence-electron chi connectivity index (χ2n) is 6.02. The highest BCUT2D eigenvalue weighted by Crippen LogP contribution is 2.29. The monoisotopic (exact) mass is 326 g/mol. The van der Waals surface area contributed by atoms with Crippen LogP contribution >= 0.6 is 11.3 Å². The van der Waals surface area contributed by atoms with E-state index in [0.29, 0.717) is 17.5 Å². The molecule has 5 nitrogen and oxygen atoms in total. The first-order valence-electron chi connectivity index (χ1n) is 7.83. The van der Waals surface area contributed by atoms with Gasteiger partial charge in [0.25, 0.3) is 5.56 Å². The molecule has 1 aromatic carbocycles. The fourth-order valence-electron chi connectivity index (χ4n) is 2.81. The van der Waals surface area contributed by atoms with Crippen LogP contribution in [0.4, 0.5) is 0 Å². The van der Waals surface area contributed by atoms with Crippen LogP contribution in [0, 0.1) is 6.92 Å². The number of hydrogen-bond acceptors (Lipinski definition) is 5. The standard InChI is InChI=1S/C17H18N4OS/c1-12-19-21-16(22)9-14(18-17(21)23-12)11-20(15-7-8-15)10-13-5-3-2-4-6-13/h2-6,9,15H,7-8,10-11H2,1H3. The highest BCUT2D eigenvalue weighted by atomic mass is 32.1. The maximum atomic E-state index is 12.2. The fraction of sp³-hybridized carbons (Fsp3) is 0.353. The Bertz CT molecular complexity index is 882. The van der Waals surface area contributed by atoms with Crippen LogP contribution in [0.15, 0.2) is 41.2 Å². The Balaban J connectivity index is 1.60. The number of rotatable bonds is 5. The molecule has 0 aliphatic heterocycles. The van der Waals surface area contributed by atoms with Crippen LogP contribution in [0.1, 0.15) is 29.1 Å². The van der Waals surface area contributed by atoms with Crippen molar-refractivity contribution in [2.24, 2.45) is 0 Å². The zero-order valence-corrected chi connectivity index (χ0v) is 13.8. The topological polar surface area (TPSA) is 50.5 Å². The van der Waals surface area contributed by atoms with Gasteiger partial charge >= 0.3 is 0 Å². The molecule has 0 bridgehead atoms. The third kappa shape index (κ3) is 3.18. The molecule has 0 spiro atoms. The van der Waals surface area contributed by atoms with Gasteiger partial charge in [-0.3, -0.25) is 9.69 Å². The van der Waals surface area contributed by atoms with Gasteiger partial charge in [0.1, 0.15) is 5.01 Å². The molecule has 0 N–H and O–H groups in total. The molecule has 0 atom stereocenters. The third-order valence-corrected chi connectivity index (χ3v) is 4.88. The normalized spacial score (nSPS) is 14.7. The Kier molecular flexibility index (Phi) is 3.71. The van der Waals surface area contributed by atoms with Gasteiger partial charge in [0.05, 0.1) is 5.69 Å². The lowest BCUT2D eigenvalue weighted by Gasteiger charge is -2.21. The van der Waals surface area contributed by atoms with E-state index in [1.807, 2.05) is 13.0 Å².